The van der Waals surface area contributed by atoms with Gasteiger partial charge in [-0.1, -0.05) is 109 Å². The quantitative estimate of drug-likeness (QED) is 0.203. The van der Waals surface area contributed by atoms with Crippen molar-refractivity contribution in [2.24, 2.45) is 0 Å². The van der Waals surface area contributed by atoms with Crippen LogP contribution in [0.25, 0.3) is 88.1 Å². The Morgan fingerprint density at radius 3 is 1.93 bits per heavy atom. The molecule has 0 aliphatic heterocycles. The van der Waals surface area contributed by atoms with Crippen LogP contribution in [0.2, 0.25) is 0 Å². The summed E-state index contributed by atoms with van der Waals surface area (Å²) in [4.78, 5) is 0. The van der Waals surface area contributed by atoms with Crippen molar-refractivity contribution in [2.75, 3.05) is 0 Å². The van der Waals surface area contributed by atoms with Crippen LogP contribution in [0.1, 0.15) is 11.0 Å². The monoisotopic (exact) mass is 582 g/mol. The van der Waals surface area contributed by atoms with E-state index in [0.717, 1.165) is 60.6 Å². The Morgan fingerprint density at radius 1 is 0.444 bits per heavy atom. The molecule has 45 heavy (non-hydrogen) atoms. The van der Waals surface area contributed by atoms with Crippen molar-refractivity contribution in [3.8, 4) is 22.5 Å². The molecule has 0 N–H and O–H groups in total. The van der Waals surface area contributed by atoms with E-state index in [2.05, 4.69) is 41.0 Å². The molecule has 0 aliphatic rings. The Balaban J connectivity index is 1.34. The second-order valence-corrected chi connectivity index (χ2v) is 11.1. The van der Waals surface area contributed by atoms with Gasteiger partial charge in [0.15, 0.2) is 0 Å². The summed E-state index contributed by atoms with van der Waals surface area (Å²) in [5.41, 5.74) is 6.85. The topological polar surface area (TPSA) is 23.0 Å². The van der Waals surface area contributed by atoms with E-state index in [-0.39, 0.29) is 46.0 Å². The van der Waals surface area contributed by atoms with Crippen LogP contribution in [0.3, 0.4) is 0 Å². The lowest BCUT2D eigenvalue weighted by atomic mass is 9.98. The van der Waals surface area contributed by atoms with Crippen molar-refractivity contribution < 1.29 is 15.4 Å². The molecular weight excluding hydrogens is 548 g/mol. The van der Waals surface area contributed by atoms with E-state index in [1.165, 1.54) is 0 Å². The number of benzene rings is 7. The normalized spacial score (nSPS) is 14.5. The molecular formula is C42H26N2O. The summed E-state index contributed by atoms with van der Waals surface area (Å²) < 4.78 is 79.8. The number of hydrogen-bond acceptors (Lipinski definition) is 1. The number of furan rings is 1. The van der Waals surface area contributed by atoms with Gasteiger partial charge in [-0.15, -0.1) is 0 Å². The highest BCUT2D eigenvalue weighted by Crippen LogP contribution is 2.42. The van der Waals surface area contributed by atoms with Crippen LogP contribution in [0.4, 0.5) is 0 Å². The van der Waals surface area contributed by atoms with E-state index in [1.807, 2.05) is 72.8 Å². The molecule has 0 fully saturated rings. The second-order valence-electron chi connectivity index (χ2n) is 11.1. The molecule has 0 unspecified atom stereocenters. The van der Waals surface area contributed by atoms with E-state index in [0.29, 0.717) is 5.69 Å². The Bertz CT molecular complexity index is 3150. The maximum absolute atomic E-state index is 9.02. The smallest absolute Gasteiger partial charge is 0.136 e. The zero-order chi connectivity index (χ0) is 36.4. The standard InChI is InChI=1S/C42H26N2O/c1-6-18-35-28(12-1)29-13-2-7-19-36(29)43(35)27-24-25-32-30-14-3-8-20-37(30)44(39(32)26-27)38-21-9-4-15-31(38)33-17-11-23-41-42(33)34-16-5-10-22-40(34)45-41/h1-26H/i1D,2D,6D,7D,12D,13D,18D,19D. The average Bonchev–Trinajstić information content (AvgIpc) is 3.85. The second kappa shape index (κ2) is 9.22. The highest BCUT2D eigenvalue weighted by Gasteiger charge is 2.20. The van der Waals surface area contributed by atoms with Crippen LogP contribution >= 0.6 is 0 Å². The van der Waals surface area contributed by atoms with Crippen LogP contribution in [0.5, 0.6) is 0 Å². The first-order valence-electron chi connectivity index (χ1n) is 18.7. The Morgan fingerprint density at radius 2 is 1.09 bits per heavy atom. The van der Waals surface area contributed by atoms with Gasteiger partial charge in [-0.3, -0.25) is 0 Å². The molecule has 0 bridgehead atoms. The molecule has 10 aromatic rings. The molecule has 7 aromatic carbocycles. The van der Waals surface area contributed by atoms with Gasteiger partial charge in [0, 0.05) is 43.6 Å². The van der Waals surface area contributed by atoms with Gasteiger partial charge < -0.3 is 13.6 Å². The van der Waals surface area contributed by atoms with E-state index < -0.39 is 24.2 Å². The molecule has 0 aliphatic carbocycles. The van der Waals surface area contributed by atoms with Gasteiger partial charge in [0.2, 0.25) is 0 Å². The molecule has 0 spiro atoms. The van der Waals surface area contributed by atoms with Crippen LogP contribution < -0.4 is 0 Å². The number of hydrogen-bond donors (Lipinski definition) is 0. The minimum atomic E-state index is -0.471. The average molecular weight is 583 g/mol. The van der Waals surface area contributed by atoms with E-state index in [9.17, 15) is 0 Å². The molecule has 3 heteroatoms. The summed E-state index contributed by atoms with van der Waals surface area (Å²) in [7, 11) is 0. The van der Waals surface area contributed by atoms with Gasteiger partial charge in [0.25, 0.3) is 0 Å². The fourth-order valence-electron chi connectivity index (χ4n) is 6.93. The van der Waals surface area contributed by atoms with E-state index in [1.54, 1.807) is 4.57 Å². The fourth-order valence-corrected chi connectivity index (χ4v) is 6.93. The first-order chi connectivity index (χ1) is 25.7. The van der Waals surface area contributed by atoms with Crippen molar-refractivity contribution in [1.82, 2.24) is 9.13 Å². The summed E-state index contributed by atoms with van der Waals surface area (Å²) >= 11 is 0. The first-order valence-corrected chi connectivity index (χ1v) is 14.7. The first kappa shape index (κ1) is 17.9. The van der Waals surface area contributed by atoms with Crippen LogP contribution in [0, 0.1) is 0 Å². The molecule has 0 radical (unpaired) electrons. The molecule has 3 aromatic heterocycles. The maximum atomic E-state index is 9.02. The summed E-state index contributed by atoms with van der Waals surface area (Å²) in [6, 6.07) is 32.8. The van der Waals surface area contributed by atoms with Gasteiger partial charge in [0.1, 0.15) is 11.2 Å². The van der Waals surface area contributed by atoms with E-state index >= 15 is 0 Å². The van der Waals surface area contributed by atoms with Crippen molar-refractivity contribution >= 4 is 65.6 Å². The van der Waals surface area contributed by atoms with Gasteiger partial charge in [-0.2, -0.15) is 0 Å². The predicted molar refractivity (Wildman–Crippen MR) is 188 cm³/mol. The summed E-state index contributed by atoms with van der Waals surface area (Å²) in [6.07, 6.45) is 0. The third kappa shape index (κ3) is 3.41. The lowest BCUT2D eigenvalue weighted by Gasteiger charge is -2.15. The number of rotatable bonds is 3. The number of aromatic nitrogens is 2. The van der Waals surface area contributed by atoms with E-state index in [4.69, 9.17) is 15.4 Å². The highest BCUT2D eigenvalue weighted by atomic mass is 16.3. The lowest BCUT2D eigenvalue weighted by molar-refractivity contribution is 0.669. The molecule has 0 amide bonds. The molecule has 0 saturated heterocycles. The van der Waals surface area contributed by atoms with Gasteiger partial charge in [-0.25, -0.2) is 0 Å². The SMILES string of the molecule is [2H]c1c([2H])c([2H])c2c(c1[2H])c1c([2H])c([2H])c([2H])c([2H])c1n2-c1ccc2c3ccccc3n(-c3ccccc3-c3cccc4oc5ccccc5c34)c2c1. The molecule has 3 heterocycles. The van der Waals surface area contributed by atoms with Crippen LogP contribution in [-0.2, 0) is 0 Å². The minimum absolute atomic E-state index is 0.0458. The largest absolute Gasteiger partial charge is 0.456 e. The number of nitrogens with zero attached hydrogens (tertiary/aromatic N) is 2. The Hall–Kier alpha value is -6.06. The maximum Gasteiger partial charge on any atom is 0.136 e. The number of para-hydroxylation sites is 5. The highest BCUT2D eigenvalue weighted by molar-refractivity contribution is 6.15. The third-order valence-electron chi connectivity index (χ3n) is 8.79. The van der Waals surface area contributed by atoms with Gasteiger partial charge in [0.05, 0.1) is 38.7 Å². The van der Waals surface area contributed by atoms with Crippen LogP contribution in [-0.4, -0.2) is 9.13 Å². The van der Waals surface area contributed by atoms with Gasteiger partial charge >= 0.3 is 0 Å². The number of fused-ring (bicyclic) bond motifs is 9. The lowest BCUT2D eigenvalue weighted by Crippen LogP contribution is -1.99. The third-order valence-corrected chi connectivity index (χ3v) is 8.79. The van der Waals surface area contributed by atoms with Crippen molar-refractivity contribution in [3.63, 3.8) is 0 Å². The van der Waals surface area contributed by atoms with Crippen molar-refractivity contribution in [1.29, 1.82) is 0 Å². The van der Waals surface area contributed by atoms with Gasteiger partial charge in [-0.05, 0) is 54.0 Å². The Kier molecular flexibility index (Phi) is 3.67. The minimum Gasteiger partial charge on any atom is -0.456 e. The molecule has 10 rings (SSSR count). The molecule has 0 saturated carbocycles. The van der Waals surface area contributed by atoms with Crippen LogP contribution in [0.15, 0.2) is 162 Å². The molecule has 3 nitrogen and oxygen atoms in total. The molecule has 210 valence electrons. The van der Waals surface area contributed by atoms with Crippen molar-refractivity contribution in [2.45, 2.75) is 0 Å². The Labute approximate surface area is 270 Å². The molecule has 0 atom stereocenters. The summed E-state index contributed by atoms with van der Waals surface area (Å²) in [5, 5.41) is 4.05. The van der Waals surface area contributed by atoms with Crippen molar-refractivity contribution in [3.05, 3.63) is 158 Å². The zero-order valence-corrected chi connectivity index (χ0v) is 23.7. The zero-order valence-electron chi connectivity index (χ0n) is 31.7. The summed E-state index contributed by atoms with van der Waals surface area (Å²) in [5.74, 6) is 0. The predicted octanol–water partition coefficient (Wildman–Crippen LogP) is 11.4. The fraction of sp³-hybridized carbons (Fsp3) is 0. The summed E-state index contributed by atoms with van der Waals surface area (Å²) in [6.45, 7) is 0.